The van der Waals surface area contributed by atoms with E-state index in [-0.39, 0.29) is 25.5 Å². The summed E-state index contributed by atoms with van der Waals surface area (Å²) in [6.45, 7) is 1.02. The second kappa shape index (κ2) is 7.68. The average molecular weight is 400 g/mol. The first-order chi connectivity index (χ1) is 13.2. The number of ether oxygens (including phenoxy) is 1. The van der Waals surface area contributed by atoms with Gasteiger partial charge in [-0.3, -0.25) is 4.79 Å². The van der Waals surface area contributed by atoms with Crippen molar-refractivity contribution < 1.29 is 27.4 Å². The van der Waals surface area contributed by atoms with E-state index in [4.69, 9.17) is 4.74 Å². The smallest absolute Gasteiger partial charge is 0.389 e. The van der Waals surface area contributed by atoms with Crippen molar-refractivity contribution in [2.45, 2.75) is 32.4 Å². The van der Waals surface area contributed by atoms with Gasteiger partial charge in [0.1, 0.15) is 5.82 Å². The van der Waals surface area contributed by atoms with Crippen LogP contribution in [0.25, 0.3) is 5.78 Å². The van der Waals surface area contributed by atoms with Crippen LogP contribution in [0.3, 0.4) is 0 Å². The molecule has 28 heavy (non-hydrogen) atoms. The minimum absolute atomic E-state index is 0.0779. The van der Waals surface area contributed by atoms with Crippen LogP contribution in [0.1, 0.15) is 17.1 Å². The van der Waals surface area contributed by atoms with Crippen LogP contribution in [0.15, 0.2) is 35.1 Å². The number of alkyl halides is 3. The molecule has 1 aromatic carbocycles. The van der Waals surface area contributed by atoms with Crippen LogP contribution in [0.5, 0.6) is 0 Å². The molecule has 0 fully saturated rings. The molecule has 0 saturated carbocycles. The number of aromatic nitrogens is 4. The second-order valence-electron chi connectivity index (χ2n) is 6.14. The van der Waals surface area contributed by atoms with Crippen LogP contribution < -0.4 is 5.56 Å². The Labute approximate surface area is 155 Å². The third kappa shape index (κ3) is 4.20. The lowest BCUT2D eigenvalue weighted by molar-refractivity contribution is -0.144. The molecule has 0 aliphatic heterocycles. The predicted molar refractivity (Wildman–Crippen MR) is 89.0 cm³/mol. The molecule has 0 spiro atoms. The lowest BCUT2D eigenvalue weighted by Gasteiger charge is -2.16. The molecule has 3 aromatic rings. The number of aliphatic hydroxyl groups is 1. The summed E-state index contributed by atoms with van der Waals surface area (Å²) in [5, 5.41) is 13.4. The van der Waals surface area contributed by atoms with Gasteiger partial charge in [0.05, 0.1) is 25.9 Å². The predicted octanol–water partition coefficient (Wildman–Crippen LogP) is 1.94. The van der Waals surface area contributed by atoms with Crippen LogP contribution in [-0.4, -0.2) is 37.0 Å². The van der Waals surface area contributed by atoms with Gasteiger partial charge in [-0.05, 0) is 13.0 Å². The van der Waals surface area contributed by atoms with Crippen LogP contribution in [-0.2, 0) is 24.1 Å². The van der Waals surface area contributed by atoms with Gasteiger partial charge in [0.25, 0.3) is 11.4 Å². The number of nitrogens with zero attached hydrogens (tertiary/aromatic N) is 4. The topological polar surface area (TPSA) is 81.7 Å². The number of halogens is 4. The van der Waals surface area contributed by atoms with E-state index in [1.165, 1.54) is 29.7 Å². The zero-order valence-corrected chi connectivity index (χ0v) is 14.6. The summed E-state index contributed by atoms with van der Waals surface area (Å²) in [5.74, 6) is -2.24. The summed E-state index contributed by atoms with van der Waals surface area (Å²) in [6, 6.07) is 7.08. The van der Waals surface area contributed by atoms with Gasteiger partial charge < -0.3 is 14.4 Å². The Morgan fingerprint density at radius 2 is 2.00 bits per heavy atom. The Morgan fingerprint density at radius 3 is 2.68 bits per heavy atom. The largest absolute Gasteiger partial charge is 0.453 e. The van der Waals surface area contributed by atoms with E-state index in [0.29, 0.717) is 15.8 Å². The van der Waals surface area contributed by atoms with E-state index < -0.39 is 29.5 Å². The average Bonchev–Trinajstić information content (AvgIpc) is 3.06. The lowest BCUT2D eigenvalue weighted by atomic mass is 10.2. The van der Waals surface area contributed by atoms with Crippen molar-refractivity contribution in [1.82, 2.24) is 19.2 Å². The zero-order valence-electron chi connectivity index (χ0n) is 14.6. The molecule has 0 bridgehead atoms. The van der Waals surface area contributed by atoms with E-state index in [1.807, 2.05) is 0 Å². The third-order valence-corrected chi connectivity index (χ3v) is 3.97. The van der Waals surface area contributed by atoms with Gasteiger partial charge >= 0.3 is 6.18 Å². The number of aryl methyl sites for hydroxylation is 1. The Balaban J connectivity index is 1.76. The maximum Gasteiger partial charge on any atom is 0.453 e. The van der Waals surface area contributed by atoms with Crippen LogP contribution >= 0.6 is 0 Å². The first kappa shape index (κ1) is 20.0. The van der Waals surface area contributed by atoms with Crippen LogP contribution in [0.2, 0.25) is 0 Å². The molecule has 0 radical (unpaired) electrons. The summed E-state index contributed by atoms with van der Waals surface area (Å²) in [6.07, 6.45) is -5.95. The molecule has 1 atom stereocenters. The van der Waals surface area contributed by atoms with Gasteiger partial charge in [0.2, 0.25) is 5.78 Å². The highest BCUT2D eigenvalue weighted by Crippen LogP contribution is 2.26. The molecule has 7 nitrogen and oxygen atoms in total. The zero-order chi connectivity index (χ0) is 20.5. The van der Waals surface area contributed by atoms with Crippen molar-refractivity contribution in [3.8, 4) is 0 Å². The quantitative estimate of drug-likeness (QED) is 0.640. The van der Waals surface area contributed by atoms with E-state index >= 15 is 0 Å². The van der Waals surface area contributed by atoms with Gasteiger partial charge in [-0.2, -0.15) is 22.7 Å². The molecule has 0 amide bonds. The van der Waals surface area contributed by atoms with Crippen molar-refractivity contribution >= 4 is 5.78 Å². The molecule has 0 saturated heterocycles. The number of fused-ring (bicyclic) bond motifs is 1. The van der Waals surface area contributed by atoms with Gasteiger partial charge in [-0.15, -0.1) is 5.10 Å². The number of rotatable bonds is 6. The monoisotopic (exact) mass is 400 g/mol. The molecule has 2 heterocycles. The van der Waals surface area contributed by atoms with E-state index in [2.05, 4.69) is 10.1 Å². The molecule has 0 aliphatic rings. The first-order valence-corrected chi connectivity index (χ1v) is 8.20. The highest BCUT2D eigenvalue weighted by molar-refractivity contribution is 5.31. The molecule has 150 valence electrons. The van der Waals surface area contributed by atoms with Crippen molar-refractivity contribution in [3.05, 3.63) is 63.6 Å². The number of aliphatic hydroxyl groups excluding tert-OH is 1. The molecule has 3 rings (SSSR count). The van der Waals surface area contributed by atoms with Crippen molar-refractivity contribution in [2.24, 2.45) is 0 Å². The molecule has 1 N–H and O–H groups in total. The summed E-state index contributed by atoms with van der Waals surface area (Å²) in [7, 11) is 0. The number of hydrogen-bond donors (Lipinski definition) is 1. The molecule has 0 aliphatic carbocycles. The van der Waals surface area contributed by atoms with Gasteiger partial charge in [0.15, 0.2) is 0 Å². The van der Waals surface area contributed by atoms with Gasteiger partial charge in [-0.25, -0.2) is 4.39 Å². The highest BCUT2D eigenvalue weighted by Gasteiger charge is 2.37. The summed E-state index contributed by atoms with van der Waals surface area (Å²) in [4.78, 5) is 15.3. The summed E-state index contributed by atoms with van der Waals surface area (Å²) < 4.78 is 59.2. The van der Waals surface area contributed by atoms with Crippen molar-refractivity contribution in [1.29, 1.82) is 0 Å². The van der Waals surface area contributed by atoms with E-state index in [0.717, 1.165) is 6.07 Å². The first-order valence-electron chi connectivity index (χ1n) is 8.20. The lowest BCUT2D eigenvalue weighted by Crippen LogP contribution is -2.27. The maximum absolute atomic E-state index is 13.5. The van der Waals surface area contributed by atoms with Crippen LogP contribution in [0, 0.1) is 12.7 Å². The van der Waals surface area contributed by atoms with Crippen molar-refractivity contribution in [3.63, 3.8) is 0 Å². The molecule has 0 unspecified atom stereocenters. The Kier molecular flexibility index (Phi) is 5.47. The number of hydrogen-bond acceptors (Lipinski definition) is 5. The molecular formula is C17H16F4N4O3. The second-order valence-corrected chi connectivity index (χ2v) is 6.14. The normalized spacial score (nSPS) is 13.2. The standard InChI is InChI=1S/C17H16F4N4O3/c1-10-6-14(27)25-16(22-15(23-25)17(19,20)21)24(10)7-12(26)9-28-8-11-4-2-3-5-13(11)18/h2-6,12,26H,7-9H2,1H3/t12-/m1/s1. The molecular weight excluding hydrogens is 384 g/mol. The third-order valence-electron chi connectivity index (χ3n) is 3.97. The van der Waals surface area contributed by atoms with E-state index in [1.54, 1.807) is 6.07 Å². The molecule has 11 heteroatoms. The minimum atomic E-state index is -4.81. The fourth-order valence-corrected chi connectivity index (χ4v) is 2.63. The SMILES string of the molecule is Cc1cc(=O)n2nc(C(F)(F)F)nc2n1C[C@@H](O)COCc1ccccc1F. The maximum atomic E-state index is 13.5. The van der Waals surface area contributed by atoms with Gasteiger partial charge in [0, 0.05) is 17.3 Å². The van der Waals surface area contributed by atoms with E-state index in [9.17, 15) is 27.5 Å². The summed E-state index contributed by atoms with van der Waals surface area (Å²) >= 11 is 0. The Bertz CT molecular complexity index is 1050. The molecule has 2 aromatic heterocycles. The minimum Gasteiger partial charge on any atom is -0.389 e. The van der Waals surface area contributed by atoms with Gasteiger partial charge in [-0.1, -0.05) is 18.2 Å². The fraction of sp³-hybridized carbons (Fsp3) is 0.353. The van der Waals surface area contributed by atoms with Crippen LogP contribution in [0.4, 0.5) is 17.6 Å². The Hall–Kier alpha value is -2.79. The summed E-state index contributed by atoms with van der Waals surface area (Å²) in [5.41, 5.74) is -0.160. The number of benzene rings is 1. The Morgan fingerprint density at radius 1 is 1.29 bits per heavy atom. The fourth-order valence-electron chi connectivity index (χ4n) is 2.63. The highest BCUT2D eigenvalue weighted by atomic mass is 19.4. The van der Waals surface area contributed by atoms with Crippen molar-refractivity contribution in [2.75, 3.05) is 6.61 Å².